The standard InChI is InChI=1S/C9H15N2O/c1-6(2)7-10-8(11-12-7)9(3,4)5/h6H,3H2,1-2,4-5H3. The van der Waals surface area contributed by atoms with Gasteiger partial charge in [-0.1, -0.05) is 32.9 Å². The van der Waals surface area contributed by atoms with Crippen molar-refractivity contribution in [2.75, 3.05) is 0 Å². The fraction of sp³-hybridized carbons (Fsp3) is 0.667. The quantitative estimate of drug-likeness (QED) is 0.678. The highest BCUT2D eigenvalue weighted by Crippen LogP contribution is 2.20. The van der Waals surface area contributed by atoms with E-state index in [1.165, 1.54) is 0 Å². The molecule has 0 amide bonds. The highest BCUT2D eigenvalue weighted by Gasteiger charge is 2.21. The molecule has 0 bridgehead atoms. The molecule has 1 rings (SSSR count). The number of aromatic nitrogens is 2. The highest BCUT2D eigenvalue weighted by molar-refractivity contribution is 5.05. The number of rotatable bonds is 2. The first-order chi connectivity index (χ1) is 5.41. The maximum atomic E-state index is 5.05. The molecule has 0 atom stereocenters. The average Bonchev–Trinajstić information content (AvgIpc) is 2.30. The van der Waals surface area contributed by atoms with Crippen LogP contribution in [0.5, 0.6) is 0 Å². The first kappa shape index (κ1) is 9.23. The zero-order valence-electron chi connectivity index (χ0n) is 8.09. The SMILES string of the molecule is [CH2]C(C)(C)c1noc(C(C)C)n1. The van der Waals surface area contributed by atoms with Crippen LogP contribution in [-0.4, -0.2) is 10.1 Å². The maximum Gasteiger partial charge on any atom is 0.229 e. The van der Waals surface area contributed by atoms with Gasteiger partial charge in [0.05, 0.1) is 0 Å². The lowest BCUT2D eigenvalue weighted by Gasteiger charge is -2.10. The van der Waals surface area contributed by atoms with Gasteiger partial charge in [0.2, 0.25) is 5.89 Å². The molecule has 1 radical (unpaired) electrons. The van der Waals surface area contributed by atoms with Crippen LogP contribution in [0.15, 0.2) is 4.52 Å². The zero-order valence-corrected chi connectivity index (χ0v) is 8.09. The minimum atomic E-state index is -0.267. The third-order valence-corrected chi connectivity index (χ3v) is 1.54. The molecule has 0 aliphatic rings. The van der Waals surface area contributed by atoms with E-state index in [0.717, 1.165) is 0 Å². The minimum absolute atomic E-state index is 0.267. The Kier molecular flexibility index (Phi) is 2.22. The number of nitrogens with zero attached hydrogens (tertiary/aromatic N) is 2. The average molecular weight is 167 g/mol. The lowest BCUT2D eigenvalue weighted by atomic mass is 9.96. The van der Waals surface area contributed by atoms with Crippen LogP contribution in [0.2, 0.25) is 0 Å². The molecule has 0 saturated heterocycles. The Morgan fingerprint density at radius 3 is 2.25 bits per heavy atom. The Morgan fingerprint density at radius 1 is 1.42 bits per heavy atom. The molecule has 0 saturated carbocycles. The normalized spacial score (nSPS) is 12.5. The molecule has 3 nitrogen and oxygen atoms in total. The molecule has 0 unspecified atom stereocenters. The summed E-state index contributed by atoms with van der Waals surface area (Å²) in [7, 11) is 0. The molecule has 1 aromatic rings. The fourth-order valence-electron chi connectivity index (χ4n) is 0.745. The van der Waals surface area contributed by atoms with E-state index < -0.39 is 0 Å². The Morgan fingerprint density at radius 2 is 2.00 bits per heavy atom. The fourth-order valence-corrected chi connectivity index (χ4v) is 0.745. The summed E-state index contributed by atoms with van der Waals surface area (Å²) in [5.41, 5.74) is -0.267. The molecule has 0 N–H and O–H groups in total. The Labute approximate surface area is 73.2 Å². The molecule has 0 fully saturated rings. The van der Waals surface area contributed by atoms with Crippen LogP contribution in [0.25, 0.3) is 0 Å². The first-order valence-electron chi connectivity index (χ1n) is 4.10. The molecule has 3 heteroatoms. The van der Waals surface area contributed by atoms with Crippen molar-refractivity contribution in [1.82, 2.24) is 10.1 Å². The van der Waals surface area contributed by atoms with Crippen LogP contribution in [0.4, 0.5) is 0 Å². The summed E-state index contributed by atoms with van der Waals surface area (Å²) in [6, 6.07) is 0. The van der Waals surface area contributed by atoms with Crippen LogP contribution >= 0.6 is 0 Å². The van der Waals surface area contributed by atoms with Crippen molar-refractivity contribution in [2.45, 2.75) is 39.0 Å². The second-order valence-electron chi connectivity index (χ2n) is 3.99. The van der Waals surface area contributed by atoms with E-state index in [1.807, 2.05) is 27.7 Å². The van der Waals surface area contributed by atoms with Crippen molar-refractivity contribution < 1.29 is 4.52 Å². The predicted octanol–water partition coefficient (Wildman–Crippen LogP) is 2.30. The molecule has 0 aliphatic heterocycles. The summed E-state index contributed by atoms with van der Waals surface area (Å²) in [6.07, 6.45) is 0. The molecule has 1 heterocycles. The van der Waals surface area contributed by atoms with Crippen molar-refractivity contribution in [3.8, 4) is 0 Å². The molecule has 0 aliphatic carbocycles. The highest BCUT2D eigenvalue weighted by atomic mass is 16.5. The third kappa shape index (κ3) is 1.84. The van der Waals surface area contributed by atoms with Gasteiger partial charge in [-0.25, -0.2) is 0 Å². The van der Waals surface area contributed by atoms with E-state index >= 15 is 0 Å². The van der Waals surface area contributed by atoms with Gasteiger partial charge in [0.25, 0.3) is 0 Å². The van der Waals surface area contributed by atoms with E-state index in [1.54, 1.807) is 0 Å². The van der Waals surface area contributed by atoms with Crippen molar-refractivity contribution in [2.24, 2.45) is 0 Å². The van der Waals surface area contributed by atoms with Crippen molar-refractivity contribution in [1.29, 1.82) is 0 Å². The van der Waals surface area contributed by atoms with E-state index in [4.69, 9.17) is 4.52 Å². The van der Waals surface area contributed by atoms with Gasteiger partial charge < -0.3 is 4.52 Å². The summed E-state index contributed by atoms with van der Waals surface area (Å²) in [5, 5.41) is 3.86. The van der Waals surface area contributed by atoms with E-state index in [-0.39, 0.29) is 11.3 Å². The Hall–Kier alpha value is -0.860. The molecule has 12 heavy (non-hydrogen) atoms. The summed E-state index contributed by atoms with van der Waals surface area (Å²) in [5.74, 6) is 1.64. The lowest BCUT2D eigenvalue weighted by molar-refractivity contribution is 0.355. The number of hydrogen-bond acceptors (Lipinski definition) is 3. The van der Waals surface area contributed by atoms with Gasteiger partial charge >= 0.3 is 0 Å². The van der Waals surface area contributed by atoms with Gasteiger partial charge in [-0.3, -0.25) is 0 Å². The topological polar surface area (TPSA) is 38.9 Å². The van der Waals surface area contributed by atoms with Gasteiger partial charge in [0.15, 0.2) is 5.82 Å². The van der Waals surface area contributed by atoms with E-state index in [0.29, 0.717) is 11.7 Å². The molecule has 67 valence electrons. The van der Waals surface area contributed by atoms with Crippen molar-refractivity contribution >= 4 is 0 Å². The van der Waals surface area contributed by atoms with Crippen molar-refractivity contribution in [3.63, 3.8) is 0 Å². The lowest BCUT2D eigenvalue weighted by Crippen LogP contribution is -2.13. The summed E-state index contributed by atoms with van der Waals surface area (Å²) < 4.78 is 5.05. The van der Waals surface area contributed by atoms with E-state index in [2.05, 4.69) is 17.1 Å². The maximum absolute atomic E-state index is 5.05. The van der Waals surface area contributed by atoms with Crippen LogP contribution in [0.3, 0.4) is 0 Å². The second-order valence-corrected chi connectivity index (χ2v) is 3.99. The summed E-state index contributed by atoms with van der Waals surface area (Å²) >= 11 is 0. The molecular weight excluding hydrogens is 152 g/mol. The monoisotopic (exact) mass is 167 g/mol. The molecule has 0 aromatic carbocycles. The van der Waals surface area contributed by atoms with Gasteiger partial charge in [-0.15, -0.1) is 0 Å². The Bertz CT molecular complexity index is 258. The third-order valence-electron chi connectivity index (χ3n) is 1.54. The van der Waals surface area contributed by atoms with Crippen LogP contribution < -0.4 is 0 Å². The van der Waals surface area contributed by atoms with Crippen LogP contribution in [0, 0.1) is 6.92 Å². The van der Waals surface area contributed by atoms with Crippen LogP contribution in [-0.2, 0) is 5.41 Å². The number of hydrogen-bond donors (Lipinski definition) is 0. The van der Waals surface area contributed by atoms with Gasteiger partial charge in [0.1, 0.15) is 0 Å². The van der Waals surface area contributed by atoms with Crippen LogP contribution in [0.1, 0.15) is 45.3 Å². The minimum Gasteiger partial charge on any atom is -0.339 e. The summed E-state index contributed by atoms with van der Waals surface area (Å²) in [4.78, 5) is 4.24. The largest absolute Gasteiger partial charge is 0.339 e. The van der Waals surface area contributed by atoms with Crippen molar-refractivity contribution in [3.05, 3.63) is 18.6 Å². The smallest absolute Gasteiger partial charge is 0.229 e. The zero-order chi connectivity index (χ0) is 9.35. The molecule has 0 spiro atoms. The predicted molar refractivity (Wildman–Crippen MR) is 46.8 cm³/mol. The van der Waals surface area contributed by atoms with Gasteiger partial charge in [-0.05, 0) is 6.92 Å². The first-order valence-corrected chi connectivity index (χ1v) is 4.10. The van der Waals surface area contributed by atoms with Gasteiger partial charge in [0, 0.05) is 11.3 Å². The summed E-state index contributed by atoms with van der Waals surface area (Å²) in [6.45, 7) is 11.9. The second kappa shape index (κ2) is 2.88. The van der Waals surface area contributed by atoms with E-state index in [9.17, 15) is 0 Å². The van der Waals surface area contributed by atoms with Gasteiger partial charge in [-0.2, -0.15) is 4.98 Å². The molecular formula is C9H15N2O. The Balaban J connectivity index is 2.92. The molecule has 1 aromatic heterocycles.